The zero-order chi connectivity index (χ0) is 11.7. The molecule has 0 radical (unpaired) electrons. The van der Waals surface area contributed by atoms with Crippen molar-refractivity contribution in [1.29, 1.82) is 0 Å². The molecule has 17 heavy (non-hydrogen) atoms. The second kappa shape index (κ2) is 4.89. The van der Waals surface area contributed by atoms with Gasteiger partial charge in [-0.3, -0.25) is 4.90 Å². The van der Waals surface area contributed by atoms with E-state index in [0.29, 0.717) is 5.54 Å². The molecule has 0 amide bonds. The van der Waals surface area contributed by atoms with Crippen molar-refractivity contribution >= 4 is 0 Å². The van der Waals surface area contributed by atoms with Gasteiger partial charge in [-0.2, -0.15) is 0 Å². The Bertz CT molecular complexity index is 254. The summed E-state index contributed by atoms with van der Waals surface area (Å²) in [6, 6.07) is 0.807. The Kier molecular flexibility index (Phi) is 3.45. The first-order chi connectivity index (χ1) is 8.31. The molecule has 0 aromatic rings. The molecule has 2 nitrogen and oxygen atoms in total. The molecule has 1 unspecified atom stereocenters. The predicted molar refractivity (Wildman–Crippen MR) is 72.2 cm³/mol. The molecule has 3 fully saturated rings. The number of nitrogens with one attached hydrogen (secondary N) is 1. The van der Waals surface area contributed by atoms with E-state index < -0.39 is 0 Å². The van der Waals surface area contributed by atoms with Crippen LogP contribution in [-0.2, 0) is 0 Å². The zero-order valence-corrected chi connectivity index (χ0v) is 11.4. The lowest BCUT2D eigenvalue weighted by Gasteiger charge is -2.48. The molecule has 0 aromatic carbocycles. The molecule has 3 aliphatic rings. The summed E-state index contributed by atoms with van der Waals surface area (Å²) >= 11 is 0. The van der Waals surface area contributed by atoms with Gasteiger partial charge in [0.15, 0.2) is 0 Å². The smallest absolute Gasteiger partial charge is 0.0309 e. The van der Waals surface area contributed by atoms with Gasteiger partial charge in [-0.1, -0.05) is 26.2 Å². The monoisotopic (exact) mass is 236 g/mol. The first-order valence-corrected chi connectivity index (χ1v) is 7.80. The van der Waals surface area contributed by atoms with Crippen LogP contribution in [0.4, 0.5) is 0 Å². The first kappa shape index (κ1) is 12.0. The summed E-state index contributed by atoms with van der Waals surface area (Å²) in [5, 5.41) is 3.89. The fourth-order valence-corrected chi connectivity index (χ4v) is 4.05. The average molecular weight is 236 g/mol. The van der Waals surface area contributed by atoms with Crippen LogP contribution in [-0.4, -0.2) is 36.1 Å². The summed E-state index contributed by atoms with van der Waals surface area (Å²) in [6.45, 7) is 6.32. The van der Waals surface area contributed by atoms with Gasteiger partial charge >= 0.3 is 0 Å². The molecule has 0 aromatic heterocycles. The van der Waals surface area contributed by atoms with Crippen LogP contribution in [0, 0.1) is 5.92 Å². The van der Waals surface area contributed by atoms with Gasteiger partial charge in [-0.25, -0.2) is 0 Å². The van der Waals surface area contributed by atoms with Crippen molar-refractivity contribution < 1.29 is 0 Å². The topological polar surface area (TPSA) is 15.3 Å². The average Bonchev–Trinajstić information content (AvgIpc) is 2.72. The molecule has 1 atom stereocenters. The van der Waals surface area contributed by atoms with Crippen molar-refractivity contribution in [1.82, 2.24) is 10.2 Å². The van der Waals surface area contributed by atoms with E-state index in [1.807, 2.05) is 0 Å². The molecule has 1 heterocycles. The van der Waals surface area contributed by atoms with Crippen LogP contribution in [0.25, 0.3) is 0 Å². The van der Waals surface area contributed by atoms with E-state index in [-0.39, 0.29) is 0 Å². The van der Waals surface area contributed by atoms with Gasteiger partial charge in [0, 0.05) is 31.2 Å². The number of nitrogens with zero attached hydrogens (tertiary/aromatic N) is 1. The lowest BCUT2D eigenvalue weighted by Crippen LogP contribution is -2.63. The summed E-state index contributed by atoms with van der Waals surface area (Å²) < 4.78 is 0. The predicted octanol–water partition coefficient (Wildman–Crippen LogP) is 2.78. The largest absolute Gasteiger partial charge is 0.308 e. The van der Waals surface area contributed by atoms with Gasteiger partial charge in [0.2, 0.25) is 0 Å². The first-order valence-electron chi connectivity index (χ1n) is 7.80. The van der Waals surface area contributed by atoms with E-state index in [4.69, 9.17) is 0 Å². The van der Waals surface area contributed by atoms with Crippen LogP contribution in [0.1, 0.15) is 58.3 Å². The standard InChI is InChI=1S/C15H28N2/c1-2-14-10-16-15(8-3-4-9-15)12-17(14)11-13-6-5-7-13/h13-14,16H,2-12H2,1H3. The Morgan fingerprint density at radius 2 is 1.94 bits per heavy atom. The molecule has 2 saturated carbocycles. The lowest BCUT2D eigenvalue weighted by molar-refractivity contribution is 0.0508. The minimum absolute atomic E-state index is 0.509. The Balaban J connectivity index is 1.63. The van der Waals surface area contributed by atoms with Crippen molar-refractivity contribution in [3.05, 3.63) is 0 Å². The summed E-state index contributed by atoms with van der Waals surface area (Å²) in [5.74, 6) is 1.03. The maximum Gasteiger partial charge on any atom is 0.0309 e. The Labute approximate surface area is 106 Å². The summed E-state index contributed by atoms with van der Waals surface area (Å²) in [5.41, 5.74) is 0.509. The third-order valence-corrected chi connectivity index (χ3v) is 5.48. The number of rotatable bonds is 3. The van der Waals surface area contributed by atoms with Gasteiger partial charge in [0.1, 0.15) is 0 Å². The van der Waals surface area contributed by atoms with E-state index in [1.165, 1.54) is 71.0 Å². The highest BCUT2D eigenvalue weighted by molar-refractivity contribution is 5.01. The summed E-state index contributed by atoms with van der Waals surface area (Å²) in [6.07, 6.45) is 11.5. The molecule has 1 N–H and O–H groups in total. The SMILES string of the molecule is CCC1CNC2(CCCC2)CN1CC1CCC1. The molecule has 3 rings (SSSR count). The van der Waals surface area contributed by atoms with Gasteiger partial charge in [0.25, 0.3) is 0 Å². The highest BCUT2D eigenvalue weighted by atomic mass is 15.3. The molecule has 1 saturated heterocycles. The van der Waals surface area contributed by atoms with E-state index in [9.17, 15) is 0 Å². The van der Waals surface area contributed by atoms with Gasteiger partial charge in [0.05, 0.1) is 0 Å². The van der Waals surface area contributed by atoms with Crippen LogP contribution in [0.3, 0.4) is 0 Å². The summed E-state index contributed by atoms with van der Waals surface area (Å²) in [4.78, 5) is 2.84. The fraction of sp³-hybridized carbons (Fsp3) is 1.00. The molecule has 1 aliphatic heterocycles. The van der Waals surface area contributed by atoms with E-state index in [0.717, 1.165) is 12.0 Å². The maximum absolute atomic E-state index is 3.89. The van der Waals surface area contributed by atoms with Crippen LogP contribution >= 0.6 is 0 Å². The normalized spacial score (nSPS) is 34.1. The van der Waals surface area contributed by atoms with Gasteiger partial charge < -0.3 is 5.32 Å². The highest BCUT2D eigenvalue weighted by Crippen LogP contribution is 2.35. The van der Waals surface area contributed by atoms with E-state index in [1.54, 1.807) is 0 Å². The third-order valence-electron chi connectivity index (χ3n) is 5.48. The Morgan fingerprint density at radius 3 is 2.53 bits per heavy atom. The molecule has 0 bridgehead atoms. The van der Waals surface area contributed by atoms with Gasteiger partial charge in [-0.05, 0) is 38.0 Å². The number of hydrogen-bond acceptors (Lipinski definition) is 2. The van der Waals surface area contributed by atoms with Crippen LogP contribution in [0.5, 0.6) is 0 Å². The van der Waals surface area contributed by atoms with Crippen molar-refractivity contribution in [3.63, 3.8) is 0 Å². The van der Waals surface area contributed by atoms with E-state index >= 15 is 0 Å². The second-order valence-electron chi connectivity index (χ2n) is 6.66. The lowest BCUT2D eigenvalue weighted by atomic mass is 9.83. The number of piperazine rings is 1. The molecule has 2 aliphatic carbocycles. The van der Waals surface area contributed by atoms with Crippen molar-refractivity contribution in [3.8, 4) is 0 Å². The quantitative estimate of drug-likeness (QED) is 0.810. The van der Waals surface area contributed by atoms with Crippen molar-refractivity contribution in [2.24, 2.45) is 5.92 Å². The molecule has 98 valence electrons. The summed E-state index contributed by atoms with van der Waals surface area (Å²) in [7, 11) is 0. The maximum atomic E-state index is 3.89. The highest BCUT2D eigenvalue weighted by Gasteiger charge is 2.41. The Hall–Kier alpha value is -0.0800. The minimum Gasteiger partial charge on any atom is -0.308 e. The van der Waals surface area contributed by atoms with Gasteiger partial charge in [-0.15, -0.1) is 0 Å². The third kappa shape index (κ3) is 2.39. The number of hydrogen-bond donors (Lipinski definition) is 1. The molecular weight excluding hydrogens is 208 g/mol. The molecule has 2 heteroatoms. The van der Waals surface area contributed by atoms with Crippen LogP contribution < -0.4 is 5.32 Å². The second-order valence-corrected chi connectivity index (χ2v) is 6.66. The van der Waals surface area contributed by atoms with E-state index in [2.05, 4.69) is 17.1 Å². The molecular formula is C15H28N2. The Morgan fingerprint density at radius 1 is 1.18 bits per heavy atom. The van der Waals surface area contributed by atoms with Crippen LogP contribution in [0.2, 0.25) is 0 Å². The van der Waals surface area contributed by atoms with Crippen LogP contribution in [0.15, 0.2) is 0 Å². The molecule has 1 spiro atoms. The minimum atomic E-state index is 0.509. The van der Waals surface area contributed by atoms with Crippen molar-refractivity contribution in [2.45, 2.75) is 69.9 Å². The van der Waals surface area contributed by atoms with Crippen molar-refractivity contribution in [2.75, 3.05) is 19.6 Å². The fourth-order valence-electron chi connectivity index (χ4n) is 4.05. The zero-order valence-electron chi connectivity index (χ0n) is 11.4.